The number of aromatic nitrogens is 2. The molecule has 11 heteroatoms. The third-order valence-electron chi connectivity index (χ3n) is 7.71. The molecule has 0 N–H and O–H groups in total. The van der Waals surface area contributed by atoms with Crippen LogP contribution in [0.5, 0.6) is 0 Å². The molecule has 2 aromatic carbocycles. The van der Waals surface area contributed by atoms with Crippen molar-refractivity contribution >= 4 is 42.7 Å². The summed E-state index contributed by atoms with van der Waals surface area (Å²) in [4.78, 5) is 43.2. The van der Waals surface area contributed by atoms with E-state index in [0.717, 1.165) is 41.0 Å². The Morgan fingerprint density at radius 2 is 1.76 bits per heavy atom. The molecule has 0 bridgehead atoms. The Morgan fingerprint density at radius 3 is 2.49 bits per heavy atom. The lowest BCUT2D eigenvalue weighted by Crippen LogP contribution is -2.53. The molecule has 41 heavy (non-hydrogen) atoms. The summed E-state index contributed by atoms with van der Waals surface area (Å²) in [6, 6.07) is 16.2. The Morgan fingerprint density at radius 1 is 1.00 bits per heavy atom. The highest BCUT2D eigenvalue weighted by Gasteiger charge is 2.34. The van der Waals surface area contributed by atoms with Gasteiger partial charge in [-0.15, -0.1) is 0 Å². The van der Waals surface area contributed by atoms with Gasteiger partial charge in [0.15, 0.2) is 0 Å². The number of benzene rings is 2. The maximum absolute atomic E-state index is 13.4. The van der Waals surface area contributed by atoms with E-state index in [1.807, 2.05) is 53.2 Å². The van der Waals surface area contributed by atoms with Crippen molar-refractivity contribution in [2.45, 2.75) is 57.6 Å². The van der Waals surface area contributed by atoms with E-state index in [-0.39, 0.29) is 43.8 Å². The lowest BCUT2D eigenvalue weighted by atomic mass is 10.1. The van der Waals surface area contributed by atoms with Crippen molar-refractivity contribution in [3.05, 3.63) is 60.3 Å². The summed E-state index contributed by atoms with van der Waals surface area (Å²) in [6.07, 6.45) is 3.24. The second-order valence-corrected chi connectivity index (χ2v) is 17.5. The molecule has 2 fully saturated rings. The van der Waals surface area contributed by atoms with Gasteiger partial charge in [-0.3, -0.25) is 14.4 Å². The largest absolute Gasteiger partial charge is 0.445 e. The van der Waals surface area contributed by atoms with Crippen molar-refractivity contribution in [3.63, 3.8) is 0 Å². The summed E-state index contributed by atoms with van der Waals surface area (Å²) < 4.78 is 13.3. The number of ether oxygens (including phenoxy) is 2. The highest BCUT2D eigenvalue weighted by molar-refractivity contribution is 6.76. The Hall–Kier alpha value is -3.70. The minimum absolute atomic E-state index is 0.0275. The predicted octanol–water partition coefficient (Wildman–Crippen LogP) is 5.48. The second kappa shape index (κ2) is 12.4. The van der Waals surface area contributed by atoms with Gasteiger partial charge in [0.25, 0.3) is 0 Å². The summed E-state index contributed by atoms with van der Waals surface area (Å²) in [6.45, 7) is 9.05. The molecule has 2 saturated heterocycles. The SMILES string of the molecule is C[Si](C)(C)CCOCN1C(=O)CCN(c2cccc3c2cnn3C2CCN(C(=O)OCc3ccccc3)CC2)C1=O. The maximum Gasteiger partial charge on any atom is 0.410 e. The first kappa shape index (κ1) is 28.8. The summed E-state index contributed by atoms with van der Waals surface area (Å²) in [7, 11) is -1.27. The van der Waals surface area contributed by atoms with Gasteiger partial charge in [-0.2, -0.15) is 5.10 Å². The van der Waals surface area contributed by atoms with Crippen LogP contribution in [0.25, 0.3) is 10.9 Å². The smallest absolute Gasteiger partial charge is 0.410 e. The number of hydrogen-bond acceptors (Lipinski definition) is 6. The lowest BCUT2D eigenvalue weighted by molar-refractivity contribution is -0.133. The first-order valence-corrected chi connectivity index (χ1v) is 18.0. The zero-order chi connectivity index (χ0) is 29.0. The van der Waals surface area contributed by atoms with Crippen LogP contribution >= 0.6 is 0 Å². The van der Waals surface area contributed by atoms with Crippen LogP contribution in [0.1, 0.15) is 30.9 Å². The number of anilines is 1. The van der Waals surface area contributed by atoms with Crippen molar-refractivity contribution in [1.82, 2.24) is 19.6 Å². The Kier molecular flexibility index (Phi) is 8.74. The summed E-state index contributed by atoms with van der Waals surface area (Å²) >= 11 is 0. The normalized spacial score (nSPS) is 17.0. The van der Waals surface area contributed by atoms with Crippen LogP contribution in [0.15, 0.2) is 54.7 Å². The van der Waals surface area contributed by atoms with Crippen LogP contribution in [0.2, 0.25) is 25.7 Å². The lowest BCUT2D eigenvalue weighted by Gasteiger charge is -2.34. The van der Waals surface area contributed by atoms with Crippen LogP contribution in [0, 0.1) is 0 Å². The zero-order valence-electron chi connectivity index (χ0n) is 24.1. The van der Waals surface area contributed by atoms with Crippen LogP contribution in [-0.4, -0.2) is 78.7 Å². The molecule has 0 radical (unpaired) electrons. The maximum atomic E-state index is 13.4. The standard InChI is InChI=1S/C30H39N5O5Si/c1-41(2,3)19-18-39-22-34-28(36)14-17-33(29(34)37)26-10-7-11-27-25(26)20-31-35(27)24-12-15-32(16-13-24)30(38)40-21-23-8-5-4-6-9-23/h4-11,20,24H,12-19,21-22H2,1-3H3. The molecule has 2 aliphatic heterocycles. The highest BCUT2D eigenvalue weighted by atomic mass is 28.3. The first-order chi connectivity index (χ1) is 19.7. The molecule has 218 valence electrons. The van der Waals surface area contributed by atoms with Gasteiger partial charge in [0.2, 0.25) is 5.91 Å². The van der Waals surface area contributed by atoms with E-state index in [0.29, 0.717) is 26.2 Å². The quantitative estimate of drug-likeness (QED) is 0.247. The fourth-order valence-corrected chi connectivity index (χ4v) is 6.02. The Balaban J connectivity index is 1.22. The van der Waals surface area contributed by atoms with Gasteiger partial charge in [-0.1, -0.05) is 56.0 Å². The molecule has 3 aromatic rings. The molecule has 0 unspecified atom stereocenters. The van der Waals surface area contributed by atoms with Crippen LogP contribution in [0.4, 0.5) is 15.3 Å². The van der Waals surface area contributed by atoms with Gasteiger partial charge >= 0.3 is 12.1 Å². The van der Waals surface area contributed by atoms with Gasteiger partial charge in [0.05, 0.1) is 23.4 Å². The number of piperidine rings is 1. The molecular weight excluding hydrogens is 538 g/mol. The van der Waals surface area contributed by atoms with Crippen molar-refractivity contribution in [2.24, 2.45) is 0 Å². The molecule has 0 atom stereocenters. The van der Waals surface area contributed by atoms with Gasteiger partial charge in [-0.05, 0) is 36.6 Å². The fraction of sp³-hybridized carbons (Fsp3) is 0.467. The molecule has 1 aromatic heterocycles. The number of imide groups is 1. The van der Waals surface area contributed by atoms with E-state index in [2.05, 4.69) is 19.6 Å². The second-order valence-electron chi connectivity index (χ2n) is 11.9. The minimum Gasteiger partial charge on any atom is -0.445 e. The number of amides is 4. The number of hydrogen-bond donors (Lipinski definition) is 0. The summed E-state index contributed by atoms with van der Waals surface area (Å²) in [5.41, 5.74) is 2.62. The van der Waals surface area contributed by atoms with Crippen molar-refractivity contribution in [1.29, 1.82) is 0 Å². The zero-order valence-corrected chi connectivity index (χ0v) is 25.1. The number of likely N-dealkylation sites (tertiary alicyclic amines) is 1. The number of rotatable bonds is 9. The van der Waals surface area contributed by atoms with Gasteiger partial charge in [0, 0.05) is 46.1 Å². The average molecular weight is 578 g/mol. The van der Waals surface area contributed by atoms with E-state index < -0.39 is 8.07 Å². The number of nitrogens with zero attached hydrogens (tertiary/aromatic N) is 5. The minimum atomic E-state index is -1.27. The van der Waals surface area contributed by atoms with Crippen molar-refractivity contribution in [2.75, 3.05) is 37.9 Å². The van der Waals surface area contributed by atoms with Crippen LogP contribution < -0.4 is 4.90 Å². The Bertz CT molecular complexity index is 1380. The van der Waals surface area contributed by atoms with Gasteiger partial charge < -0.3 is 14.4 Å². The monoisotopic (exact) mass is 577 g/mol. The topological polar surface area (TPSA) is 97.2 Å². The molecule has 10 nitrogen and oxygen atoms in total. The molecule has 2 aliphatic rings. The molecule has 5 rings (SSSR count). The molecule has 3 heterocycles. The molecule has 0 spiro atoms. The molecule has 0 aliphatic carbocycles. The third kappa shape index (κ3) is 6.79. The highest BCUT2D eigenvalue weighted by Crippen LogP contribution is 2.33. The van der Waals surface area contributed by atoms with Crippen molar-refractivity contribution < 1.29 is 23.9 Å². The molecule has 4 amide bonds. The fourth-order valence-electron chi connectivity index (χ4n) is 5.26. The van der Waals surface area contributed by atoms with Crippen LogP contribution in [0.3, 0.4) is 0 Å². The first-order valence-electron chi connectivity index (χ1n) is 14.3. The van der Waals surface area contributed by atoms with E-state index in [1.54, 1.807) is 16.0 Å². The van der Waals surface area contributed by atoms with Crippen LogP contribution in [-0.2, 0) is 20.9 Å². The van der Waals surface area contributed by atoms with Gasteiger partial charge in [-0.25, -0.2) is 14.5 Å². The summed E-state index contributed by atoms with van der Waals surface area (Å²) in [5, 5.41) is 5.57. The predicted molar refractivity (Wildman–Crippen MR) is 159 cm³/mol. The van der Waals surface area contributed by atoms with E-state index in [4.69, 9.17) is 14.6 Å². The molecule has 0 saturated carbocycles. The van der Waals surface area contributed by atoms with Gasteiger partial charge in [0.1, 0.15) is 13.3 Å². The number of urea groups is 1. The summed E-state index contributed by atoms with van der Waals surface area (Å²) in [5.74, 6) is -0.212. The Labute approximate surface area is 241 Å². The van der Waals surface area contributed by atoms with E-state index in [1.165, 1.54) is 4.90 Å². The average Bonchev–Trinajstić information content (AvgIpc) is 3.40. The third-order valence-corrected chi connectivity index (χ3v) is 9.42. The number of carbonyl (C=O) groups is 3. The van der Waals surface area contributed by atoms with E-state index >= 15 is 0 Å². The van der Waals surface area contributed by atoms with E-state index in [9.17, 15) is 14.4 Å². The van der Waals surface area contributed by atoms with Crippen molar-refractivity contribution in [3.8, 4) is 0 Å². The molecular formula is C30H39N5O5Si. The number of fused-ring (bicyclic) bond motifs is 1. The number of carbonyl (C=O) groups excluding carboxylic acids is 3.